The third-order valence-electron chi connectivity index (χ3n) is 2.57. The summed E-state index contributed by atoms with van der Waals surface area (Å²) in [6.45, 7) is 3.06. The Morgan fingerprint density at radius 2 is 2.05 bits per heavy atom. The second kappa shape index (κ2) is 6.65. The van der Waals surface area contributed by atoms with Gasteiger partial charge in [0.2, 0.25) is 5.88 Å². The third kappa shape index (κ3) is 3.88. The Labute approximate surface area is 121 Å². The Balaban J connectivity index is 2.13. The van der Waals surface area contributed by atoms with Gasteiger partial charge in [0.15, 0.2) is 5.78 Å². The molecule has 0 aliphatic heterocycles. The van der Waals surface area contributed by atoms with E-state index in [1.165, 1.54) is 13.8 Å². The topological polar surface area (TPSA) is 83.3 Å². The lowest BCUT2D eigenvalue weighted by Crippen LogP contribution is -2.12. The maximum atomic E-state index is 11.7. The number of ether oxygens (including phenoxy) is 2. The molecular weight excluding hydrogens is 274 g/mol. The maximum Gasteiger partial charge on any atom is 0.302 e. The van der Waals surface area contributed by atoms with Crippen molar-refractivity contribution in [1.82, 2.24) is 14.8 Å². The van der Waals surface area contributed by atoms with Crippen molar-refractivity contribution in [3.05, 3.63) is 36.3 Å². The van der Waals surface area contributed by atoms with E-state index >= 15 is 0 Å². The number of Topliss-reactive ketones (excluding diaryl/α,β-unsaturated/α-hetero) is 1. The Morgan fingerprint density at radius 3 is 2.67 bits per heavy atom. The van der Waals surface area contributed by atoms with Crippen LogP contribution in [0.1, 0.15) is 24.3 Å². The molecule has 7 nitrogen and oxygen atoms in total. The van der Waals surface area contributed by atoms with E-state index in [9.17, 15) is 9.59 Å². The first kappa shape index (κ1) is 14.7. The summed E-state index contributed by atoms with van der Waals surface area (Å²) < 4.78 is 11.7. The highest BCUT2D eigenvalue weighted by molar-refractivity contribution is 5.95. The smallest absolute Gasteiger partial charge is 0.302 e. The molecule has 0 saturated heterocycles. The van der Waals surface area contributed by atoms with Crippen molar-refractivity contribution in [3.8, 4) is 11.6 Å². The van der Waals surface area contributed by atoms with E-state index in [0.29, 0.717) is 11.6 Å². The molecule has 0 atom stereocenters. The van der Waals surface area contributed by atoms with Gasteiger partial charge in [-0.3, -0.25) is 9.59 Å². The molecule has 7 heteroatoms. The third-order valence-corrected chi connectivity index (χ3v) is 2.57. The Morgan fingerprint density at radius 1 is 1.24 bits per heavy atom. The standard InChI is InChI=1S/C14H15N3O4/c1-10(18)14-12(17-7-3-6-15-17)4-5-13(16-14)21-9-8-20-11(2)19/h3-7H,8-9H2,1-2H3. The minimum absolute atomic E-state index is 0.132. The molecule has 0 spiro atoms. The Hall–Kier alpha value is -2.70. The van der Waals surface area contributed by atoms with E-state index in [-0.39, 0.29) is 30.7 Å². The molecule has 0 unspecified atom stereocenters. The molecule has 21 heavy (non-hydrogen) atoms. The van der Waals surface area contributed by atoms with Crippen LogP contribution in [0.5, 0.6) is 5.88 Å². The number of carbonyl (C=O) groups is 2. The number of aromatic nitrogens is 3. The fraction of sp³-hybridized carbons (Fsp3) is 0.286. The second-order valence-electron chi connectivity index (χ2n) is 4.21. The van der Waals surface area contributed by atoms with Gasteiger partial charge in [-0.25, -0.2) is 9.67 Å². The largest absolute Gasteiger partial charge is 0.474 e. The summed E-state index contributed by atoms with van der Waals surface area (Å²) in [5, 5.41) is 4.08. The molecule has 0 saturated carbocycles. The summed E-state index contributed by atoms with van der Waals surface area (Å²) in [7, 11) is 0. The van der Waals surface area contributed by atoms with Crippen LogP contribution in [0, 0.1) is 0 Å². The van der Waals surface area contributed by atoms with Crippen molar-refractivity contribution in [2.24, 2.45) is 0 Å². The Kier molecular flexibility index (Phi) is 4.65. The van der Waals surface area contributed by atoms with Crippen molar-refractivity contribution in [1.29, 1.82) is 0 Å². The normalized spacial score (nSPS) is 10.2. The lowest BCUT2D eigenvalue weighted by Gasteiger charge is -2.10. The molecular formula is C14H15N3O4. The zero-order chi connectivity index (χ0) is 15.2. The zero-order valence-corrected chi connectivity index (χ0v) is 11.8. The highest BCUT2D eigenvalue weighted by Crippen LogP contribution is 2.17. The molecule has 0 bridgehead atoms. The lowest BCUT2D eigenvalue weighted by molar-refractivity contribution is -0.141. The van der Waals surface area contributed by atoms with Gasteiger partial charge in [-0.2, -0.15) is 5.10 Å². The van der Waals surface area contributed by atoms with E-state index < -0.39 is 0 Å². The van der Waals surface area contributed by atoms with Gasteiger partial charge in [-0.15, -0.1) is 0 Å². The summed E-state index contributed by atoms with van der Waals surface area (Å²) in [5.41, 5.74) is 0.850. The minimum Gasteiger partial charge on any atom is -0.474 e. The monoisotopic (exact) mass is 289 g/mol. The SMILES string of the molecule is CC(=O)OCCOc1ccc(-n2cccn2)c(C(C)=O)n1. The molecule has 0 aliphatic rings. The molecule has 2 heterocycles. The van der Waals surface area contributed by atoms with Gasteiger partial charge in [-0.05, 0) is 12.1 Å². The number of rotatable bonds is 6. The lowest BCUT2D eigenvalue weighted by atomic mass is 10.2. The van der Waals surface area contributed by atoms with Gasteiger partial charge < -0.3 is 9.47 Å². The number of pyridine rings is 1. The van der Waals surface area contributed by atoms with Crippen molar-refractivity contribution < 1.29 is 19.1 Å². The highest BCUT2D eigenvalue weighted by atomic mass is 16.6. The van der Waals surface area contributed by atoms with Crippen molar-refractivity contribution >= 4 is 11.8 Å². The highest BCUT2D eigenvalue weighted by Gasteiger charge is 2.13. The number of ketones is 1. The van der Waals surface area contributed by atoms with Crippen LogP contribution < -0.4 is 4.74 Å². The van der Waals surface area contributed by atoms with E-state index in [1.807, 2.05) is 0 Å². The van der Waals surface area contributed by atoms with Crippen LogP contribution in [0.2, 0.25) is 0 Å². The fourth-order valence-electron chi connectivity index (χ4n) is 1.70. The molecule has 0 fully saturated rings. The molecule has 0 aliphatic carbocycles. The first-order valence-corrected chi connectivity index (χ1v) is 6.36. The number of esters is 1. The predicted octanol–water partition coefficient (Wildman–Crippen LogP) is 1.41. The minimum atomic E-state index is -0.370. The van der Waals surface area contributed by atoms with Crippen LogP contribution in [-0.2, 0) is 9.53 Å². The van der Waals surface area contributed by atoms with Crippen LogP contribution in [0.15, 0.2) is 30.6 Å². The second-order valence-corrected chi connectivity index (χ2v) is 4.21. The van der Waals surface area contributed by atoms with E-state index in [4.69, 9.17) is 9.47 Å². The number of hydrogen-bond donors (Lipinski definition) is 0. The molecule has 0 amide bonds. The molecule has 2 rings (SSSR count). The number of nitrogens with zero attached hydrogens (tertiary/aromatic N) is 3. The molecule has 0 radical (unpaired) electrons. The van der Waals surface area contributed by atoms with E-state index in [2.05, 4.69) is 10.1 Å². The molecule has 0 N–H and O–H groups in total. The van der Waals surface area contributed by atoms with Crippen LogP contribution >= 0.6 is 0 Å². The summed E-state index contributed by atoms with van der Waals surface area (Å²) in [5.74, 6) is -0.265. The van der Waals surface area contributed by atoms with Crippen molar-refractivity contribution in [2.75, 3.05) is 13.2 Å². The predicted molar refractivity (Wildman–Crippen MR) is 73.5 cm³/mol. The average molecular weight is 289 g/mol. The quantitative estimate of drug-likeness (QED) is 0.454. The molecule has 110 valence electrons. The van der Waals surface area contributed by atoms with Crippen LogP contribution in [0.3, 0.4) is 0 Å². The maximum absolute atomic E-state index is 11.7. The van der Waals surface area contributed by atoms with E-state index in [1.54, 1.807) is 35.3 Å². The van der Waals surface area contributed by atoms with Gasteiger partial charge in [0.25, 0.3) is 0 Å². The van der Waals surface area contributed by atoms with Gasteiger partial charge in [0.1, 0.15) is 18.9 Å². The summed E-state index contributed by atoms with van der Waals surface area (Å²) in [4.78, 5) is 26.5. The van der Waals surface area contributed by atoms with Gasteiger partial charge >= 0.3 is 5.97 Å². The first-order chi connectivity index (χ1) is 10.1. The Bertz CT molecular complexity index is 638. The van der Waals surface area contributed by atoms with E-state index in [0.717, 1.165) is 0 Å². The fourth-order valence-corrected chi connectivity index (χ4v) is 1.70. The summed E-state index contributed by atoms with van der Waals surface area (Å²) in [6.07, 6.45) is 3.35. The average Bonchev–Trinajstić information content (AvgIpc) is 2.97. The van der Waals surface area contributed by atoms with Crippen LogP contribution in [0.4, 0.5) is 0 Å². The van der Waals surface area contributed by atoms with Crippen molar-refractivity contribution in [2.45, 2.75) is 13.8 Å². The number of carbonyl (C=O) groups excluding carboxylic acids is 2. The first-order valence-electron chi connectivity index (χ1n) is 6.36. The molecule has 0 aromatic carbocycles. The molecule has 2 aromatic rings. The zero-order valence-electron chi connectivity index (χ0n) is 11.8. The summed E-state index contributed by atoms with van der Waals surface area (Å²) in [6, 6.07) is 5.10. The summed E-state index contributed by atoms with van der Waals surface area (Å²) >= 11 is 0. The van der Waals surface area contributed by atoms with Gasteiger partial charge in [0, 0.05) is 32.3 Å². The number of hydrogen-bond acceptors (Lipinski definition) is 6. The van der Waals surface area contributed by atoms with Gasteiger partial charge in [-0.1, -0.05) is 0 Å². The molecule has 2 aromatic heterocycles. The van der Waals surface area contributed by atoms with Crippen molar-refractivity contribution in [3.63, 3.8) is 0 Å². The van der Waals surface area contributed by atoms with Gasteiger partial charge in [0.05, 0.1) is 5.69 Å². The van der Waals surface area contributed by atoms with Crippen LogP contribution in [0.25, 0.3) is 5.69 Å². The van der Waals surface area contributed by atoms with Crippen LogP contribution in [-0.4, -0.2) is 39.7 Å².